The number of aromatic nitrogens is 4. The highest BCUT2D eigenvalue weighted by Gasteiger charge is 2.21. The third kappa shape index (κ3) is 2.37. The van der Waals surface area contributed by atoms with Crippen LogP contribution in [0.1, 0.15) is 11.5 Å². The number of thioether (sulfide) groups is 1. The van der Waals surface area contributed by atoms with Crippen LogP contribution in [0.2, 0.25) is 0 Å². The van der Waals surface area contributed by atoms with Crippen LogP contribution in [-0.4, -0.2) is 33.3 Å². The van der Waals surface area contributed by atoms with Gasteiger partial charge in [-0.05, 0) is 44.4 Å². The molecule has 114 valence electrons. The van der Waals surface area contributed by atoms with Gasteiger partial charge in [-0.2, -0.15) is 0 Å². The highest BCUT2D eigenvalue weighted by Crippen LogP contribution is 2.31. The number of hydrogen-bond acceptors (Lipinski definition) is 6. The van der Waals surface area contributed by atoms with Crippen LogP contribution >= 0.6 is 11.8 Å². The zero-order chi connectivity index (χ0) is 15.7. The van der Waals surface area contributed by atoms with E-state index >= 15 is 0 Å². The van der Waals surface area contributed by atoms with Gasteiger partial charge in [0.1, 0.15) is 11.5 Å². The molecule has 2 aromatic heterocycles. The Labute approximate surface area is 132 Å². The number of ether oxygens (including phenoxy) is 1. The Morgan fingerprint density at radius 2 is 1.86 bits per heavy atom. The van der Waals surface area contributed by atoms with Crippen molar-refractivity contribution in [1.29, 1.82) is 0 Å². The highest BCUT2D eigenvalue weighted by molar-refractivity contribution is 7.98. The number of methoxy groups -OCH3 is 1. The molecule has 0 saturated heterocycles. The lowest BCUT2D eigenvalue weighted by atomic mass is 10.2. The lowest BCUT2D eigenvalue weighted by molar-refractivity contribution is 0.393. The van der Waals surface area contributed by atoms with Gasteiger partial charge in [0.15, 0.2) is 11.0 Å². The van der Waals surface area contributed by atoms with Gasteiger partial charge in [0, 0.05) is 0 Å². The van der Waals surface area contributed by atoms with E-state index in [1.54, 1.807) is 7.11 Å². The van der Waals surface area contributed by atoms with Crippen LogP contribution in [0.25, 0.3) is 17.1 Å². The van der Waals surface area contributed by atoms with E-state index in [1.807, 2.05) is 48.9 Å². The second-order valence-electron chi connectivity index (χ2n) is 4.74. The molecule has 3 aromatic rings. The van der Waals surface area contributed by atoms with E-state index < -0.39 is 0 Å². The largest absolute Gasteiger partial charge is 0.497 e. The van der Waals surface area contributed by atoms with Gasteiger partial charge in [-0.15, -0.1) is 10.2 Å². The van der Waals surface area contributed by atoms with Crippen LogP contribution in [0.3, 0.4) is 0 Å². The number of hydrogen-bond donors (Lipinski definition) is 0. The van der Waals surface area contributed by atoms with Gasteiger partial charge in [-0.1, -0.05) is 16.9 Å². The van der Waals surface area contributed by atoms with Crippen molar-refractivity contribution in [2.24, 2.45) is 0 Å². The number of rotatable bonds is 4. The van der Waals surface area contributed by atoms with Gasteiger partial charge in [0.25, 0.3) is 0 Å². The molecule has 6 nitrogen and oxygen atoms in total. The maximum Gasteiger partial charge on any atom is 0.195 e. The molecule has 0 unspecified atom stereocenters. The summed E-state index contributed by atoms with van der Waals surface area (Å²) in [4.78, 5) is 0. The van der Waals surface area contributed by atoms with E-state index in [-0.39, 0.29) is 0 Å². The molecule has 0 bridgehead atoms. The Morgan fingerprint density at radius 3 is 2.41 bits per heavy atom. The summed E-state index contributed by atoms with van der Waals surface area (Å²) >= 11 is 1.54. The summed E-state index contributed by atoms with van der Waals surface area (Å²) in [5.74, 6) is 2.26. The molecular formula is C15H16N4O2S. The van der Waals surface area contributed by atoms with E-state index in [0.717, 1.165) is 39.4 Å². The summed E-state index contributed by atoms with van der Waals surface area (Å²) in [6, 6.07) is 7.78. The first kappa shape index (κ1) is 14.6. The lowest BCUT2D eigenvalue weighted by Gasteiger charge is -2.10. The zero-order valence-electron chi connectivity index (χ0n) is 12.8. The van der Waals surface area contributed by atoms with Gasteiger partial charge in [0.05, 0.1) is 24.1 Å². The average Bonchev–Trinajstić information content (AvgIpc) is 3.10. The van der Waals surface area contributed by atoms with Crippen LogP contribution < -0.4 is 4.74 Å². The minimum atomic E-state index is 0.728. The molecule has 22 heavy (non-hydrogen) atoms. The first-order valence-corrected chi connectivity index (χ1v) is 7.95. The first-order valence-electron chi connectivity index (χ1n) is 6.72. The van der Waals surface area contributed by atoms with E-state index in [9.17, 15) is 0 Å². The number of benzene rings is 1. The molecule has 0 N–H and O–H groups in total. The van der Waals surface area contributed by atoms with E-state index in [4.69, 9.17) is 9.26 Å². The van der Waals surface area contributed by atoms with Gasteiger partial charge in [-0.25, -0.2) is 0 Å². The summed E-state index contributed by atoms with van der Waals surface area (Å²) < 4.78 is 12.5. The van der Waals surface area contributed by atoms with Crippen molar-refractivity contribution < 1.29 is 9.26 Å². The molecule has 0 aliphatic carbocycles. The first-order chi connectivity index (χ1) is 10.7. The third-order valence-electron chi connectivity index (χ3n) is 3.40. The molecule has 0 aliphatic rings. The maximum absolute atomic E-state index is 5.26. The Morgan fingerprint density at radius 1 is 1.14 bits per heavy atom. The highest BCUT2D eigenvalue weighted by atomic mass is 32.2. The fourth-order valence-electron chi connectivity index (χ4n) is 2.33. The smallest absolute Gasteiger partial charge is 0.195 e. The van der Waals surface area contributed by atoms with Crippen LogP contribution in [0.5, 0.6) is 5.75 Å². The Hall–Kier alpha value is -2.28. The van der Waals surface area contributed by atoms with Crippen molar-refractivity contribution in [3.63, 3.8) is 0 Å². The van der Waals surface area contributed by atoms with E-state index in [2.05, 4.69) is 15.4 Å². The molecule has 0 radical (unpaired) electrons. The zero-order valence-corrected chi connectivity index (χ0v) is 13.6. The normalized spacial score (nSPS) is 10.9. The Balaban J connectivity index is 2.19. The van der Waals surface area contributed by atoms with Crippen LogP contribution in [-0.2, 0) is 0 Å². The summed E-state index contributed by atoms with van der Waals surface area (Å²) in [6.07, 6.45) is 1.97. The van der Waals surface area contributed by atoms with Crippen molar-refractivity contribution >= 4 is 11.8 Å². The minimum absolute atomic E-state index is 0.728. The molecule has 0 amide bonds. The summed E-state index contributed by atoms with van der Waals surface area (Å²) in [5, 5.41) is 13.4. The summed E-state index contributed by atoms with van der Waals surface area (Å²) in [6.45, 7) is 3.78. The monoisotopic (exact) mass is 316 g/mol. The number of aryl methyl sites for hydroxylation is 2. The van der Waals surface area contributed by atoms with Gasteiger partial charge < -0.3 is 9.26 Å². The predicted molar refractivity (Wildman–Crippen MR) is 84.7 cm³/mol. The molecule has 7 heteroatoms. The fourth-order valence-corrected chi connectivity index (χ4v) is 2.83. The summed E-state index contributed by atoms with van der Waals surface area (Å²) in [5.41, 5.74) is 2.64. The van der Waals surface area contributed by atoms with Gasteiger partial charge in [-0.3, -0.25) is 4.57 Å². The quantitative estimate of drug-likeness (QED) is 0.688. The average molecular weight is 316 g/mol. The van der Waals surface area contributed by atoms with Crippen LogP contribution in [0.4, 0.5) is 0 Å². The Kier molecular flexibility index (Phi) is 3.89. The van der Waals surface area contributed by atoms with Crippen molar-refractivity contribution in [2.45, 2.75) is 19.0 Å². The molecule has 0 atom stereocenters. The Bertz CT molecular complexity index is 773. The van der Waals surface area contributed by atoms with Crippen molar-refractivity contribution in [3.05, 3.63) is 35.7 Å². The van der Waals surface area contributed by atoms with Crippen molar-refractivity contribution in [3.8, 4) is 22.8 Å². The molecular weight excluding hydrogens is 300 g/mol. The third-order valence-corrected chi connectivity index (χ3v) is 4.03. The number of nitrogens with zero attached hydrogens (tertiary/aromatic N) is 4. The van der Waals surface area contributed by atoms with Crippen LogP contribution in [0, 0.1) is 13.8 Å². The molecule has 0 spiro atoms. The van der Waals surface area contributed by atoms with Crippen molar-refractivity contribution in [1.82, 2.24) is 19.9 Å². The minimum Gasteiger partial charge on any atom is -0.497 e. The maximum atomic E-state index is 5.26. The fraction of sp³-hybridized carbons (Fsp3) is 0.267. The molecule has 1 aromatic carbocycles. The molecule has 0 aliphatic heterocycles. The molecule has 3 rings (SSSR count). The van der Waals surface area contributed by atoms with Crippen LogP contribution in [0.15, 0.2) is 33.9 Å². The molecule has 0 saturated carbocycles. The van der Waals surface area contributed by atoms with Gasteiger partial charge >= 0.3 is 0 Å². The van der Waals surface area contributed by atoms with Gasteiger partial charge in [0.2, 0.25) is 0 Å². The molecule has 0 fully saturated rings. The SMILES string of the molecule is COc1ccc(-n2c(SC)nnc2-c2c(C)noc2C)cc1. The molecule has 2 heterocycles. The second kappa shape index (κ2) is 5.84. The standard InChI is InChI=1S/C15H16N4O2S/c1-9-13(10(2)21-18-9)14-16-17-15(22-4)19(14)11-5-7-12(20-3)8-6-11/h5-8H,1-4H3. The predicted octanol–water partition coefficient (Wildman–Crippen LogP) is 3.27. The van der Waals surface area contributed by atoms with E-state index in [1.165, 1.54) is 11.8 Å². The lowest BCUT2D eigenvalue weighted by Crippen LogP contribution is -2.00. The summed E-state index contributed by atoms with van der Waals surface area (Å²) in [7, 11) is 1.65. The van der Waals surface area contributed by atoms with Crippen molar-refractivity contribution in [2.75, 3.05) is 13.4 Å². The topological polar surface area (TPSA) is 66.0 Å². The van der Waals surface area contributed by atoms with E-state index in [0.29, 0.717) is 0 Å². The second-order valence-corrected chi connectivity index (χ2v) is 5.52.